The molecule has 1 heterocycles. The van der Waals surface area contributed by atoms with Gasteiger partial charge < -0.3 is 10.1 Å². The highest BCUT2D eigenvalue weighted by Crippen LogP contribution is 2.27. The van der Waals surface area contributed by atoms with E-state index in [0.29, 0.717) is 0 Å². The topological polar surface area (TPSA) is 34.1 Å². The first-order chi connectivity index (χ1) is 8.83. The lowest BCUT2D eigenvalue weighted by Crippen LogP contribution is -2.03. The van der Waals surface area contributed by atoms with Crippen molar-refractivity contribution in [3.05, 3.63) is 34.9 Å². The van der Waals surface area contributed by atoms with Crippen LogP contribution in [0.4, 0.5) is 5.69 Å². The maximum Gasteiger partial charge on any atom is 0.0864 e. The molecule has 1 N–H and O–H groups in total. The molecule has 0 aliphatic carbocycles. The highest BCUT2D eigenvalue weighted by atomic mass is 79.9. The maximum atomic E-state index is 5.04. The molecule has 2 aromatic rings. The fraction of sp³-hybridized carbons (Fsp3) is 0.357. The van der Waals surface area contributed by atoms with Gasteiger partial charge in [-0.15, -0.1) is 0 Å². The number of fused-ring (bicyclic) bond motifs is 1. The lowest BCUT2D eigenvalue weighted by molar-refractivity contribution is 0.194. The Morgan fingerprint density at radius 1 is 1.28 bits per heavy atom. The van der Waals surface area contributed by atoms with Crippen LogP contribution in [-0.2, 0) is 4.74 Å². The van der Waals surface area contributed by atoms with E-state index in [2.05, 4.69) is 32.3 Å². The van der Waals surface area contributed by atoms with E-state index in [1.54, 1.807) is 7.11 Å². The summed E-state index contributed by atoms with van der Waals surface area (Å²) in [6.45, 7) is 1.78. The fourth-order valence-electron chi connectivity index (χ4n) is 1.89. The lowest BCUT2D eigenvalue weighted by Gasteiger charge is -2.09. The molecule has 0 unspecified atom stereocenters. The second-order valence-corrected chi connectivity index (χ2v) is 4.98. The monoisotopic (exact) mass is 308 g/mol. The second-order valence-electron chi connectivity index (χ2n) is 4.12. The molecular weight excluding hydrogens is 292 g/mol. The Morgan fingerprint density at radius 3 is 3.00 bits per heavy atom. The van der Waals surface area contributed by atoms with Crippen LogP contribution in [0.2, 0.25) is 0 Å². The van der Waals surface area contributed by atoms with Crippen molar-refractivity contribution in [1.82, 2.24) is 4.98 Å². The van der Waals surface area contributed by atoms with Crippen LogP contribution in [0.3, 0.4) is 0 Å². The SMILES string of the molecule is COCCCCNc1ccnc2c(Br)cccc12. The van der Waals surface area contributed by atoms with Crippen molar-refractivity contribution in [1.29, 1.82) is 0 Å². The molecule has 0 saturated heterocycles. The summed E-state index contributed by atoms with van der Waals surface area (Å²) in [6.07, 6.45) is 4.02. The van der Waals surface area contributed by atoms with Crippen LogP contribution in [0.1, 0.15) is 12.8 Å². The van der Waals surface area contributed by atoms with Crippen LogP contribution in [0.5, 0.6) is 0 Å². The van der Waals surface area contributed by atoms with E-state index in [9.17, 15) is 0 Å². The molecule has 1 aromatic carbocycles. The van der Waals surface area contributed by atoms with Crippen molar-refractivity contribution >= 4 is 32.5 Å². The largest absolute Gasteiger partial charge is 0.385 e. The zero-order valence-electron chi connectivity index (χ0n) is 10.4. The van der Waals surface area contributed by atoms with Gasteiger partial charge in [-0.05, 0) is 40.9 Å². The average Bonchev–Trinajstić information content (AvgIpc) is 2.39. The second kappa shape index (κ2) is 6.71. The zero-order valence-corrected chi connectivity index (χ0v) is 12.0. The summed E-state index contributed by atoms with van der Waals surface area (Å²) < 4.78 is 6.07. The predicted molar refractivity (Wildman–Crippen MR) is 79.0 cm³/mol. The number of nitrogens with zero attached hydrogens (tertiary/aromatic N) is 1. The van der Waals surface area contributed by atoms with E-state index in [1.807, 2.05) is 24.4 Å². The Labute approximate surface area is 116 Å². The van der Waals surface area contributed by atoms with Gasteiger partial charge in [-0.1, -0.05) is 12.1 Å². The number of benzene rings is 1. The molecule has 0 fully saturated rings. The van der Waals surface area contributed by atoms with Gasteiger partial charge in [0.25, 0.3) is 0 Å². The van der Waals surface area contributed by atoms with Gasteiger partial charge >= 0.3 is 0 Å². The van der Waals surface area contributed by atoms with Crippen molar-refractivity contribution in [2.24, 2.45) is 0 Å². The van der Waals surface area contributed by atoms with E-state index >= 15 is 0 Å². The molecule has 0 saturated carbocycles. The Balaban J connectivity index is 2.07. The number of hydrogen-bond donors (Lipinski definition) is 1. The average molecular weight is 309 g/mol. The molecule has 96 valence electrons. The smallest absolute Gasteiger partial charge is 0.0864 e. The van der Waals surface area contributed by atoms with Crippen LogP contribution < -0.4 is 5.32 Å². The van der Waals surface area contributed by atoms with Crippen LogP contribution in [-0.4, -0.2) is 25.2 Å². The van der Waals surface area contributed by atoms with Gasteiger partial charge in [-0.3, -0.25) is 4.98 Å². The van der Waals surface area contributed by atoms with Crippen LogP contribution >= 0.6 is 15.9 Å². The minimum Gasteiger partial charge on any atom is -0.385 e. The van der Waals surface area contributed by atoms with Crippen LogP contribution in [0.25, 0.3) is 10.9 Å². The third-order valence-electron chi connectivity index (χ3n) is 2.81. The number of hydrogen-bond acceptors (Lipinski definition) is 3. The Bertz CT molecular complexity index is 516. The molecule has 0 bridgehead atoms. The Morgan fingerprint density at radius 2 is 2.17 bits per heavy atom. The summed E-state index contributed by atoms with van der Waals surface area (Å²) >= 11 is 3.53. The van der Waals surface area contributed by atoms with Crippen molar-refractivity contribution in [3.63, 3.8) is 0 Å². The van der Waals surface area contributed by atoms with Gasteiger partial charge in [0.2, 0.25) is 0 Å². The molecule has 0 aliphatic heterocycles. The summed E-state index contributed by atoms with van der Waals surface area (Å²) in [7, 11) is 1.74. The molecule has 1 aromatic heterocycles. The first kappa shape index (κ1) is 13.3. The maximum absolute atomic E-state index is 5.04. The molecule has 0 spiro atoms. The zero-order chi connectivity index (χ0) is 12.8. The van der Waals surface area contributed by atoms with Gasteiger partial charge in [0.1, 0.15) is 0 Å². The van der Waals surface area contributed by atoms with Crippen molar-refractivity contribution in [3.8, 4) is 0 Å². The number of pyridine rings is 1. The van der Waals surface area contributed by atoms with Crippen molar-refractivity contribution in [2.75, 3.05) is 25.6 Å². The molecule has 3 nitrogen and oxygen atoms in total. The summed E-state index contributed by atoms with van der Waals surface area (Å²) in [6, 6.07) is 8.15. The molecule has 18 heavy (non-hydrogen) atoms. The lowest BCUT2D eigenvalue weighted by atomic mass is 10.2. The van der Waals surface area contributed by atoms with Crippen molar-refractivity contribution < 1.29 is 4.74 Å². The molecule has 0 radical (unpaired) electrons. The minimum absolute atomic E-state index is 0.824. The third kappa shape index (κ3) is 3.21. The van der Waals surface area contributed by atoms with Gasteiger partial charge in [-0.2, -0.15) is 0 Å². The minimum atomic E-state index is 0.824. The Kier molecular flexibility index (Phi) is 4.96. The summed E-state index contributed by atoms with van der Waals surface area (Å²) in [5.74, 6) is 0. The van der Waals surface area contributed by atoms with Crippen molar-refractivity contribution in [2.45, 2.75) is 12.8 Å². The third-order valence-corrected chi connectivity index (χ3v) is 3.45. The number of rotatable bonds is 6. The van der Waals surface area contributed by atoms with E-state index in [-0.39, 0.29) is 0 Å². The summed E-state index contributed by atoms with van der Waals surface area (Å²) in [5.41, 5.74) is 2.14. The molecular formula is C14H17BrN2O. The van der Waals surface area contributed by atoms with Gasteiger partial charge in [0, 0.05) is 42.0 Å². The quantitative estimate of drug-likeness (QED) is 0.823. The number of anilines is 1. The van der Waals surface area contributed by atoms with E-state index in [4.69, 9.17) is 4.74 Å². The van der Waals surface area contributed by atoms with Gasteiger partial charge in [-0.25, -0.2) is 0 Å². The van der Waals surface area contributed by atoms with E-state index in [1.165, 1.54) is 0 Å². The van der Waals surface area contributed by atoms with Crippen LogP contribution in [0, 0.1) is 0 Å². The highest BCUT2D eigenvalue weighted by molar-refractivity contribution is 9.10. The van der Waals surface area contributed by atoms with Gasteiger partial charge in [0.05, 0.1) is 5.52 Å². The summed E-state index contributed by atoms with van der Waals surface area (Å²) in [5, 5.41) is 4.61. The van der Waals surface area contributed by atoms with E-state index in [0.717, 1.165) is 47.1 Å². The standard InChI is InChI=1S/C14H17BrN2O/c1-18-10-3-2-8-16-13-7-9-17-14-11(13)5-4-6-12(14)15/h4-7,9H,2-3,8,10H2,1H3,(H,16,17). The number of methoxy groups -OCH3 is 1. The highest BCUT2D eigenvalue weighted by Gasteiger charge is 2.03. The number of aromatic nitrogens is 1. The first-order valence-corrected chi connectivity index (χ1v) is 6.88. The summed E-state index contributed by atoms with van der Waals surface area (Å²) in [4.78, 5) is 4.39. The molecule has 0 aliphatic rings. The van der Waals surface area contributed by atoms with E-state index < -0.39 is 0 Å². The number of unbranched alkanes of at least 4 members (excludes halogenated alkanes) is 1. The van der Waals surface area contributed by atoms with Gasteiger partial charge in [0.15, 0.2) is 0 Å². The number of para-hydroxylation sites is 1. The number of nitrogens with one attached hydrogen (secondary N) is 1. The first-order valence-electron chi connectivity index (χ1n) is 6.09. The predicted octanol–water partition coefficient (Wildman–Crippen LogP) is 3.84. The fourth-order valence-corrected chi connectivity index (χ4v) is 2.36. The number of halogens is 1. The molecule has 0 amide bonds. The molecule has 0 atom stereocenters. The normalized spacial score (nSPS) is 10.8. The Hall–Kier alpha value is -1.13. The molecule has 4 heteroatoms. The number of ether oxygens (including phenoxy) is 1. The van der Waals surface area contributed by atoms with Crippen LogP contribution in [0.15, 0.2) is 34.9 Å². The molecule has 2 rings (SSSR count).